The lowest BCUT2D eigenvalue weighted by molar-refractivity contribution is -0.119. The van der Waals surface area contributed by atoms with E-state index in [2.05, 4.69) is 25.9 Å². The fourth-order valence-electron chi connectivity index (χ4n) is 3.69. The largest absolute Gasteiger partial charge is 0.368 e. The van der Waals surface area contributed by atoms with Crippen LogP contribution >= 0.6 is 0 Å². The van der Waals surface area contributed by atoms with Crippen molar-refractivity contribution in [3.05, 3.63) is 72.6 Å². The maximum atomic E-state index is 12.6. The van der Waals surface area contributed by atoms with Crippen molar-refractivity contribution in [3.8, 4) is 0 Å². The average Bonchev–Trinajstić information content (AvgIpc) is 2.81. The molecule has 8 nitrogen and oxygen atoms in total. The quantitative estimate of drug-likeness (QED) is 0.344. The van der Waals surface area contributed by atoms with E-state index in [9.17, 15) is 9.59 Å². The van der Waals surface area contributed by atoms with Crippen molar-refractivity contribution in [1.29, 1.82) is 0 Å². The number of nitrogens with zero attached hydrogens (tertiary/aromatic N) is 2. The van der Waals surface area contributed by atoms with Gasteiger partial charge in [-0.15, -0.1) is 0 Å². The molecule has 1 heterocycles. The molecule has 0 fully saturated rings. The molecule has 4 rings (SSSR count). The van der Waals surface area contributed by atoms with Crippen LogP contribution in [0.5, 0.6) is 0 Å². The van der Waals surface area contributed by atoms with Gasteiger partial charge in [0.1, 0.15) is 11.9 Å². The van der Waals surface area contributed by atoms with Crippen LogP contribution in [-0.4, -0.2) is 27.9 Å². The summed E-state index contributed by atoms with van der Waals surface area (Å²) < 4.78 is 0. The average molecular weight is 443 g/mol. The minimum absolute atomic E-state index is 0.0238. The molecule has 0 aliphatic heterocycles. The van der Waals surface area contributed by atoms with Crippen LogP contribution in [0.1, 0.15) is 19.7 Å². The second-order valence-corrected chi connectivity index (χ2v) is 8.11. The summed E-state index contributed by atoms with van der Waals surface area (Å²) in [7, 11) is 0. The summed E-state index contributed by atoms with van der Waals surface area (Å²) in [5.74, 6) is 0.437. The number of hydrogen-bond acceptors (Lipinski definition) is 5. The molecule has 4 aromatic rings. The van der Waals surface area contributed by atoms with Crippen LogP contribution in [0.15, 0.2) is 66.7 Å². The van der Waals surface area contributed by atoms with E-state index in [4.69, 9.17) is 5.73 Å². The third kappa shape index (κ3) is 5.01. The van der Waals surface area contributed by atoms with Crippen molar-refractivity contribution in [2.24, 2.45) is 11.7 Å². The van der Waals surface area contributed by atoms with Crippen molar-refractivity contribution in [2.45, 2.75) is 26.4 Å². The lowest BCUT2D eigenvalue weighted by Gasteiger charge is -2.21. The molecular weight excluding hydrogens is 416 g/mol. The number of carbonyl (C=O) groups excluding carboxylic acids is 2. The molecule has 1 aromatic heterocycles. The highest BCUT2D eigenvalue weighted by atomic mass is 16.2. The zero-order chi connectivity index (χ0) is 23.4. The predicted octanol–water partition coefficient (Wildman–Crippen LogP) is 4.03. The van der Waals surface area contributed by atoms with Gasteiger partial charge >= 0.3 is 6.03 Å². The van der Waals surface area contributed by atoms with Gasteiger partial charge in [0.05, 0.1) is 17.7 Å². The number of primary amides is 1. The highest BCUT2D eigenvalue weighted by Gasteiger charge is 2.21. The van der Waals surface area contributed by atoms with Gasteiger partial charge in [0.15, 0.2) is 5.82 Å². The lowest BCUT2D eigenvalue weighted by atomic mass is 10.0. The van der Waals surface area contributed by atoms with Crippen molar-refractivity contribution in [2.75, 3.05) is 10.6 Å². The zero-order valence-electron chi connectivity index (χ0n) is 18.5. The summed E-state index contributed by atoms with van der Waals surface area (Å²) in [6.07, 6.45) is 0. The van der Waals surface area contributed by atoms with Gasteiger partial charge in [-0.1, -0.05) is 62.4 Å². The van der Waals surface area contributed by atoms with Crippen molar-refractivity contribution >= 4 is 45.1 Å². The van der Waals surface area contributed by atoms with E-state index >= 15 is 0 Å². The summed E-state index contributed by atoms with van der Waals surface area (Å²) in [5, 5.41) is 11.6. The molecule has 0 saturated heterocycles. The van der Waals surface area contributed by atoms with Gasteiger partial charge in [0.25, 0.3) is 0 Å². The number of fused-ring (bicyclic) bond motifs is 2. The number of amides is 3. The van der Waals surface area contributed by atoms with E-state index in [0.717, 1.165) is 16.2 Å². The number of aromatic nitrogens is 2. The molecule has 8 heteroatoms. The number of hydrogen-bond donors (Lipinski definition) is 4. The van der Waals surface area contributed by atoms with E-state index in [0.29, 0.717) is 22.8 Å². The standard InChI is InChI=1S/C25H26N6O2/c1-15(2)22(23(26)32)31-24-18-11-5-6-12-20(18)28-21(30-24)14-27-25(33)29-19-13-7-9-16-8-3-4-10-17(16)19/h3-13,15,22H,14H2,1-2H3,(H2,26,32)(H2,27,29,33)(H,28,30,31)/t22-/m0/s1. The van der Waals surface area contributed by atoms with Gasteiger partial charge in [-0.3, -0.25) is 4.79 Å². The number of nitrogens with two attached hydrogens (primary N) is 1. The second-order valence-electron chi connectivity index (χ2n) is 8.11. The number of nitrogens with one attached hydrogen (secondary N) is 3. The molecule has 1 atom stereocenters. The predicted molar refractivity (Wildman–Crippen MR) is 131 cm³/mol. The normalized spacial score (nSPS) is 12.0. The van der Waals surface area contributed by atoms with E-state index in [1.165, 1.54) is 0 Å². The molecular formula is C25H26N6O2. The molecule has 0 unspecified atom stereocenters. The molecule has 168 valence electrons. The van der Waals surface area contributed by atoms with Gasteiger partial charge in [0.2, 0.25) is 5.91 Å². The van der Waals surface area contributed by atoms with E-state index in [1.54, 1.807) is 0 Å². The van der Waals surface area contributed by atoms with Crippen molar-refractivity contribution < 1.29 is 9.59 Å². The van der Waals surface area contributed by atoms with Gasteiger partial charge in [-0.2, -0.15) is 0 Å². The highest BCUT2D eigenvalue weighted by molar-refractivity contribution is 6.01. The topological polar surface area (TPSA) is 122 Å². The van der Waals surface area contributed by atoms with Gasteiger partial charge in [-0.25, -0.2) is 14.8 Å². The molecule has 0 saturated carbocycles. The molecule has 3 amide bonds. The van der Waals surface area contributed by atoms with Gasteiger partial charge < -0.3 is 21.7 Å². The third-order valence-corrected chi connectivity index (χ3v) is 5.36. The molecule has 0 spiro atoms. The van der Waals surface area contributed by atoms with Crippen LogP contribution < -0.4 is 21.7 Å². The van der Waals surface area contributed by atoms with Crippen molar-refractivity contribution in [3.63, 3.8) is 0 Å². The zero-order valence-corrected chi connectivity index (χ0v) is 18.5. The Labute approximate surface area is 191 Å². The van der Waals surface area contributed by atoms with E-state index < -0.39 is 11.9 Å². The summed E-state index contributed by atoms with van der Waals surface area (Å²) in [4.78, 5) is 33.6. The first kappa shape index (κ1) is 22.0. The number of carbonyl (C=O) groups is 2. The van der Waals surface area contributed by atoms with Crippen LogP contribution in [0.2, 0.25) is 0 Å². The lowest BCUT2D eigenvalue weighted by Crippen LogP contribution is -2.40. The first-order valence-electron chi connectivity index (χ1n) is 10.8. The van der Waals surface area contributed by atoms with E-state index in [-0.39, 0.29) is 18.5 Å². The molecule has 0 bridgehead atoms. The number of rotatable bonds is 7. The summed E-state index contributed by atoms with van der Waals surface area (Å²) in [6.45, 7) is 3.93. The fraction of sp³-hybridized carbons (Fsp3) is 0.200. The minimum atomic E-state index is -0.584. The maximum Gasteiger partial charge on any atom is 0.319 e. The Morgan fingerprint density at radius 1 is 0.909 bits per heavy atom. The van der Waals surface area contributed by atoms with Gasteiger partial charge in [-0.05, 0) is 29.5 Å². The first-order valence-corrected chi connectivity index (χ1v) is 10.8. The van der Waals surface area contributed by atoms with Crippen LogP contribution in [0.4, 0.5) is 16.3 Å². The van der Waals surface area contributed by atoms with Crippen LogP contribution in [0.25, 0.3) is 21.7 Å². The SMILES string of the molecule is CC(C)[C@H](Nc1nc(CNC(=O)Nc2cccc3ccccc23)nc2ccccc12)C(N)=O. The molecule has 0 aliphatic rings. The Balaban J connectivity index is 1.53. The molecule has 5 N–H and O–H groups in total. The number of para-hydroxylation sites is 1. The van der Waals surface area contributed by atoms with Crippen molar-refractivity contribution in [1.82, 2.24) is 15.3 Å². The Morgan fingerprint density at radius 2 is 1.61 bits per heavy atom. The number of benzene rings is 3. The number of anilines is 2. The maximum absolute atomic E-state index is 12.6. The molecule has 33 heavy (non-hydrogen) atoms. The fourth-order valence-corrected chi connectivity index (χ4v) is 3.69. The number of urea groups is 1. The first-order chi connectivity index (χ1) is 15.9. The third-order valence-electron chi connectivity index (χ3n) is 5.36. The van der Waals surface area contributed by atoms with Crippen LogP contribution in [0, 0.1) is 5.92 Å². The van der Waals surface area contributed by atoms with E-state index in [1.807, 2.05) is 80.6 Å². The Morgan fingerprint density at radius 3 is 2.36 bits per heavy atom. The Hall–Kier alpha value is -4.20. The molecule has 0 radical (unpaired) electrons. The smallest absolute Gasteiger partial charge is 0.319 e. The summed E-state index contributed by atoms with van der Waals surface area (Å²) in [5.41, 5.74) is 6.99. The molecule has 0 aliphatic carbocycles. The highest BCUT2D eigenvalue weighted by Crippen LogP contribution is 2.24. The monoisotopic (exact) mass is 442 g/mol. The summed E-state index contributed by atoms with van der Waals surface area (Å²) >= 11 is 0. The van der Waals surface area contributed by atoms with Crippen LogP contribution in [0.3, 0.4) is 0 Å². The Bertz CT molecular complexity index is 1320. The second kappa shape index (κ2) is 9.52. The van der Waals surface area contributed by atoms with Crippen LogP contribution in [-0.2, 0) is 11.3 Å². The molecule has 3 aromatic carbocycles. The summed E-state index contributed by atoms with van der Waals surface area (Å²) in [6, 6.07) is 20.1. The van der Waals surface area contributed by atoms with Gasteiger partial charge in [0, 0.05) is 10.8 Å². The Kier molecular flexibility index (Phi) is 6.35. The minimum Gasteiger partial charge on any atom is -0.368 e.